The lowest BCUT2D eigenvalue weighted by Gasteiger charge is -2.28. The lowest BCUT2D eigenvalue weighted by atomic mass is 10.1. The van der Waals surface area contributed by atoms with E-state index >= 15 is 0 Å². The number of aliphatic imine (C=N–C) groups is 1. The molecule has 2 aliphatic heterocycles. The quantitative estimate of drug-likeness (QED) is 0.263. The van der Waals surface area contributed by atoms with Gasteiger partial charge < -0.3 is 9.69 Å². The average molecular weight is 632 g/mol. The van der Waals surface area contributed by atoms with Crippen molar-refractivity contribution >= 4 is 34.9 Å². The number of rotatable bonds is 13. The molecule has 0 aromatic carbocycles. The van der Waals surface area contributed by atoms with E-state index in [1.54, 1.807) is 18.3 Å². The van der Waals surface area contributed by atoms with Crippen LogP contribution in [0.15, 0.2) is 51.2 Å². The first-order chi connectivity index (χ1) is 22.2. The Kier molecular flexibility index (Phi) is 10.3. The minimum atomic E-state index is -0.695. The monoisotopic (exact) mass is 631 g/mol. The zero-order valence-electron chi connectivity index (χ0n) is 26.2. The van der Waals surface area contributed by atoms with Gasteiger partial charge >= 0.3 is 5.69 Å². The number of Topliss-reactive ketones (excluding diaryl/α,β-unsaturated/α-hetero) is 1. The summed E-state index contributed by atoms with van der Waals surface area (Å²) in [5.74, 6) is -0.297. The van der Waals surface area contributed by atoms with Crippen molar-refractivity contribution in [3.8, 4) is 0 Å². The van der Waals surface area contributed by atoms with Gasteiger partial charge in [0.15, 0.2) is 0 Å². The number of carbonyl (C=O) groups is 3. The molecule has 3 aromatic heterocycles. The van der Waals surface area contributed by atoms with E-state index in [0.29, 0.717) is 73.8 Å². The molecular weight excluding hydrogens is 593 g/mol. The molecule has 1 saturated heterocycles. The number of amides is 2. The molecule has 0 spiro atoms. The third-order valence-electron chi connectivity index (χ3n) is 8.24. The van der Waals surface area contributed by atoms with E-state index in [1.165, 1.54) is 33.2 Å². The summed E-state index contributed by atoms with van der Waals surface area (Å²) in [5.41, 5.74) is 0.974. The summed E-state index contributed by atoms with van der Waals surface area (Å²) in [7, 11) is 0. The molecule has 0 N–H and O–H groups in total. The van der Waals surface area contributed by atoms with Crippen molar-refractivity contribution in [2.45, 2.75) is 78.3 Å². The minimum Gasteiger partial charge on any atom is -0.343 e. The molecular formula is C33H38FN7O5. The first kappa shape index (κ1) is 32.6. The predicted molar refractivity (Wildman–Crippen MR) is 170 cm³/mol. The third-order valence-corrected chi connectivity index (χ3v) is 8.24. The van der Waals surface area contributed by atoms with Crippen molar-refractivity contribution in [3.63, 3.8) is 0 Å². The number of carbonyl (C=O) groups excluding carboxylic acids is 3. The average Bonchev–Trinajstić information content (AvgIpc) is 3.50. The molecule has 3 aromatic rings. The fraction of sp³-hybridized carbons (Fsp3) is 0.455. The molecule has 1 fully saturated rings. The summed E-state index contributed by atoms with van der Waals surface area (Å²) in [6, 6.07) is 5.94. The van der Waals surface area contributed by atoms with Crippen molar-refractivity contribution in [1.82, 2.24) is 24.0 Å². The first-order valence-corrected chi connectivity index (χ1v) is 15.8. The highest BCUT2D eigenvalue weighted by molar-refractivity contribution is 6.07. The van der Waals surface area contributed by atoms with Gasteiger partial charge in [0.25, 0.3) is 11.5 Å². The van der Waals surface area contributed by atoms with E-state index in [1.807, 2.05) is 11.8 Å². The van der Waals surface area contributed by atoms with Gasteiger partial charge in [-0.3, -0.25) is 28.4 Å². The molecule has 5 heterocycles. The number of hydrogen-bond donors (Lipinski definition) is 0. The van der Waals surface area contributed by atoms with Crippen LogP contribution in [0.25, 0.3) is 0 Å². The van der Waals surface area contributed by atoms with Crippen molar-refractivity contribution in [2.24, 2.45) is 4.99 Å². The summed E-state index contributed by atoms with van der Waals surface area (Å²) in [5, 5.41) is 0. The number of hydrogen-bond acceptors (Lipinski definition) is 8. The Morgan fingerprint density at radius 1 is 0.957 bits per heavy atom. The third kappa shape index (κ3) is 7.19. The van der Waals surface area contributed by atoms with Crippen molar-refractivity contribution in [3.05, 3.63) is 80.1 Å². The Morgan fingerprint density at radius 3 is 2.46 bits per heavy atom. The van der Waals surface area contributed by atoms with Crippen molar-refractivity contribution in [1.29, 1.82) is 0 Å². The van der Waals surface area contributed by atoms with Gasteiger partial charge in [-0.1, -0.05) is 6.92 Å². The largest absolute Gasteiger partial charge is 0.343 e. The molecule has 2 amide bonds. The Balaban J connectivity index is 1.39. The lowest BCUT2D eigenvalue weighted by Crippen LogP contribution is -2.41. The molecule has 0 radical (unpaired) electrons. The van der Waals surface area contributed by atoms with Crippen LogP contribution in [0.1, 0.15) is 80.3 Å². The maximum Gasteiger partial charge on any atom is 0.332 e. The van der Waals surface area contributed by atoms with E-state index < -0.39 is 23.1 Å². The number of ketones is 1. The standard InChI is InChI=1S/C33H38FN7O5/c1-3-14-40-30-25(32(45)41(33(40)46)17-6-8-22(2)42)19-26(37-30)23-11-13-28(36-20-23)39(31(44)24-10-12-27(34)35-21-24)18-7-16-38-15-5-4-9-29(38)43/h10-13,20-21H,3-9,14-19H2,1-2H3. The highest BCUT2D eigenvalue weighted by Gasteiger charge is 2.27. The zero-order valence-corrected chi connectivity index (χ0v) is 26.2. The number of fused-ring (bicyclic) bond motifs is 1. The van der Waals surface area contributed by atoms with Crippen LogP contribution >= 0.6 is 0 Å². The van der Waals surface area contributed by atoms with E-state index in [-0.39, 0.29) is 43.2 Å². The fourth-order valence-electron chi connectivity index (χ4n) is 5.85. The van der Waals surface area contributed by atoms with Crippen LogP contribution in [0.5, 0.6) is 0 Å². The van der Waals surface area contributed by atoms with Crippen molar-refractivity contribution in [2.75, 3.05) is 24.5 Å². The number of aromatic nitrogens is 4. The lowest BCUT2D eigenvalue weighted by molar-refractivity contribution is -0.133. The second-order valence-corrected chi connectivity index (χ2v) is 11.7. The Morgan fingerprint density at radius 2 is 1.78 bits per heavy atom. The maximum absolute atomic E-state index is 13.5. The molecule has 13 heteroatoms. The molecule has 46 heavy (non-hydrogen) atoms. The van der Waals surface area contributed by atoms with Gasteiger partial charge in [-0.25, -0.2) is 19.8 Å². The molecule has 0 atom stereocenters. The van der Waals surface area contributed by atoms with Crippen LogP contribution in [0.2, 0.25) is 0 Å². The molecule has 2 aliphatic rings. The summed E-state index contributed by atoms with van der Waals surface area (Å²) >= 11 is 0. The van der Waals surface area contributed by atoms with Gasteiger partial charge in [-0.2, -0.15) is 4.39 Å². The van der Waals surface area contributed by atoms with Crippen LogP contribution < -0.4 is 16.1 Å². The molecule has 0 aliphatic carbocycles. The number of nitrogens with zero attached hydrogens (tertiary/aromatic N) is 7. The van der Waals surface area contributed by atoms with Gasteiger partial charge in [-0.05, 0) is 63.3 Å². The molecule has 242 valence electrons. The topological polar surface area (TPSA) is 140 Å². The van der Waals surface area contributed by atoms with Gasteiger partial charge in [0, 0.05) is 69.9 Å². The second kappa shape index (κ2) is 14.5. The molecule has 5 rings (SSSR count). The predicted octanol–water partition coefficient (Wildman–Crippen LogP) is 3.44. The molecule has 12 nitrogen and oxygen atoms in total. The minimum absolute atomic E-state index is 0.00337. The molecule has 0 bridgehead atoms. The molecule has 0 unspecified atom stereocenters. The maximum atomic E-state index is 13.5. The van der Waals surface area contributed by atoms with Crippen molar-refractivity contribution < 1.29 is 18.8 Å². The van der Waals surface area contributed by atoms with Crippen LogP contribution in [0.4, 0.5) is 16.0 Å². The second-order valence-electron chi connectivity index (χ2n) is 11.7. The highest BCUT2D eigenvalue weighted by atomic mass is 19.1. The van der Waals surface area contributed by atoms with E-state index in [0.717, 1.165) is 18.9 Å². The van der Waals surface area contributed by atoms with Gasteiger partial charge in [0.05, 0.1) is 16.8 Å². The smallest absolute Gasteiger partial charge is 0.332 e. The van der Waals surface area contributed by atoms with E-state index in [9.17, 15) is 28.4 Å². The van der Waals surface area contributed by atoms with Crippen LogP contribution in [-0.4, -0.2) is 66.9 Å². The zero-order chi connectivity index (χ0) is 32.8. The summed E-state index contributed by atoms with van der Waals surface area (Å²) in [6.07, 6.45) is 7.20. The number of piperidine rings is 1. The SMILES string of the molecule is CCCn1c2c(c(=O)n(CCCC(C)=O)c1=O)CC(c1ccc(N(CCCN3CCCCC3=O)C(=O)c3ccc(F)nc3)nc1)=N2. The van der Waals surface area contributed by atoms with Gasteiger partial charge in [0.1, 0.15) is 17.4 Å². The highest BCUT2D eigenvalue weighted by Crippen LogP contribution is 2.26. The van der Waals surface area contributed by atoms with E-state index in [2.05, 4.69) is 9.97 Å². The normalized spacial score (nSPS) is 14.3. The number of pyridine rings is 2. The van der Waals surface area contributed by atoms with Crippen LogP contribution in [0.3, 0.4) is 0 Å². The van der Waals surface area contributed by atoms with Crippen LogP contribution in [0, 0.1) is 5.95 Å². The Labute approximate surface area is 265 Å². The van der Waals surface area contributed by atoms with Gasteiger partial charge in [-0.15, -0.1) is 0 Å². The van der Waals surface area contributed by atoms with Crippen LogP contribution in [-0.2, 0) is 29.1 Å². The first-order valence-electron chi connectivity index (χ1n) is 15.8. The van der Waals surface area contributed by atoms with E-state index in [4.69, 9.17) is 4.99 Å². The number of likely N-dealkylation sites (tertiary alicyclic amines) is 1. The Bertz CT molecular complexity index is 1760. The number of anilines is 1. The molecule has 0 saturated carbocycles. The Hall–Kier alpha value is -4.81. The summed E-state index contributed by atoms with van der Waals surface area (Å²) in [6.45, 7) is 5.43. The number of halogens is 1. The fourth-order valence-corrected chi connectivity index (χ4v) is 5.85. The summed E-state index contributed by atoms with van der Waals surface area (Å²) < 4.78 is 16.2. The van der Waals surface area contributed by atoms with Gasteiger partial charge in [0.2, 0.25) is 11.9 Å². The summed E-state index contributed by atoms with van der Waals surface area (Å²) in [4.78, 5) is 80.1.